The standard InChI is InChI=1S/C13H26O/c1-4-7-11(2)10-13(14)9-6-5-8-12(13)3/h11-12,14H,4-10H2,1-3H3. The van der Waals surface area contributed by atoms with E-state index < -0.39 is 0 Å². The summed E-state index contributed by atoms with van der Waals surface area (Å²) in [5.41, 5.74) is -0.340. The second kappa shape index (κ2) is 5.16. The van der Waals surface area contributed by atoms with Crippen LogP contribution >= 0.6 is 0 Å². The molecule has 0 spiro atoms. The van der Waals surface area contributed by atoms with Crippen LogP contribution in [0.25, 0.3) is 0 Å². The van der Waals surface area contributed by atoms with Crippen molar-refractivity contribution < 1.29 is 5.11 Å². The Morgan fingerprint density at radius 3 is 2.71 bits per heavy atom. The van der Waals surface area contributed by atoms with Crippen LogP contribution in [0.15, 0.2) is 0 Å². The molecule has 84 valence electrons. The van der Waals surface area contributed by atoms with E-state index in [0.717, 1.165) is 12.8 Å². The molecule has 1 aliphatic carbocycles. The van der Waals surface area contributed by atoms with E-state index in [1.807, 2.05) is 0 Å². The summed E-state index contributed by atoms with van der Waals surface area (Å²) in [5.74, 6) is 1.20. The smallest absolute Gasteiger partial charge is 0.0675 e. The van der Waals surface area contributed by atoms with E-state index >= 15 is 0 Å². The van der Waals surface area contributed by atoms with Crippen molar-refractivity contribution in [2.24, 2.45) is 11.8 Å². The lowest BCUT2D eigenvalue weighted by atomic mass is 9.72. The molecular formula is C13H26O. The van der Waals surface area contributed by atoms with Gasteiger partial charge in [-0.25, -0.2) is 0 Å². The molecule has 1 aliphatic rings. The van der Waals surface area contributed by atoms with Crippen molar-refractivity contribution in [2.75, 3.05) is 0 Å². The zero-order chi connectivity index (χ0) is 10.6. The Labute approximate surface area is 88.9 Å². The molecule has 0 aromatic rings. The quantitative estimate of drug-likeness (QED) is 0.729. The molecule has 0 aliphatic heterocycles. The molecule has 1 heteroatoms. The average molecular weight is 198 g/mol. The predicted octanol–water partition coefficient (Wildman–Crippen LogP) is 3.75. The van der Waals surface area contributed by atoms with Crippen LogP contribution in [0.2, 0.25) is 0 Å². The van der Waals surface area contributed by atoms with Crippen molar-refractivity contribution in [1.29, 1.82) is 0 Å². The van der Waals surface area contributed by atoms with Crippen molar-refractivity contribution in [3.63, 3.8) is 0 Å². The van der Waals surface area contributed by atoms with Crippen LogP contribution in [0.1, 0.15) is 65.7 Å². The average Bonchev–Trinajstić information content (AvgIpc) is 2.10. The van der Waals surface area contributed by atoms with Crippen molar-refractivity contribution in [1.82, 2.24) is 0 Å². The van der Waals surface area contributed by atoms with Gasteiger partial charge in [0.15, 0.2) is 0 Å². The van der Waals surface area contributed by atoms with Gasteiger partial charge in [0.2, 0.25) is 0 Å². The van der Waals surface area contributed by atoms with E-state index in [9.17, 15) is 5.11 Å². The van der Waals surface area contributed by atoms with Gasteiger partial charge in [-0.2, -0.15) is 0 Å². The lowest BCUT2D eigenvalue weighted by Gasteiger charge is -2.40. The predicted molar refractivity (Wildman–Crippen MR) is 61.3 cm³/mol. The van der Waals surface area contributed by atoms with Gasteiger partial charge in [0, 0.05) is 0 Å². The minimum Gasteiger partial charge on any atom is -0.390 e. The Bertz CT molecular complexity index is 167. The third-order valence-corrected chi connectivity index (χ3v) is 3.90. The van der Waals surface area contributed by atoms with Crippen molar-refractivity contribution in [3.05, 3.63) is 0 Å². The number of aliphatic hydroxyl groups is 1. The summed E-state index contributed by atoms with van der Waals surface area (Å²) in [5, 5.41) is 10.5. The summed E-state index contributed by atoms with van der Waals surface area (Å²) in [6.45, 7) is 6.73. The van der Waals surface area contributed by atoms with Gasteiger partial charge < -0.3 is 5.11 Å². The van der Waals surface area contributed by atoms with Crippen LogP contribution in [-0.2, 0) is 0 Å². The minimum absolute atomic E-state index is 0.340. The second-order valence-corrected chi connectivity index (χ2v) is 5.35. The molecule has 1 N–H and O–H groups in total. The maximum atomic E-state index is 10.5. The lowest BCUT2D eigenvalue weighted by molar-refractivity contribution is -0.0587. The molecular weight excluding hydrogens is 172 g/mol. The zero-order valence-electron chi connectivity index (χ0n) is 10.1. The van der Waals surface area contributed by atoms with Gasteiger partial charge in [0.25, 0.3) is 0 Å². The van der Waals surface area contributed by atoms with E-state index in [0.29, 0.717) is 11.8 Å². The number of rotatable bonds is 4. The van der Waals surface area contributed by atoms with Gasteiger partial charge >= 0.3 is 0 Å². The molecule has 1 saturated carbocycles. The Balaban J connectivity index is 2.46. The first kappa shape index (κ1) is 12.0. The molecule has 0 heterocycles. The van der Waals surface area contributed by atoms with Gasteiger partial charge in [-0.15, -0.1) is 0 Å². The van der Waals surface area contributed by atoms with Crippen LogP contribution < -0.4 is 0 Å². The highest BCUT2D eigenvalue weighted by Gasteiger charge is 2.36. The molecule has 1 rings (SSSR count). The maximum Gasteiger partial charge on any atom is 0.0675 e. The largest absolute Gasteiger partial charge is 0.390 e. The Morgan fingerprint density at radius 2 is 2.14 bits per heavy atom. The lowest BCUT2D eigenvalue weighted by Crippen LogP contribution is -2.40. The number of hydrogen-bond acceptors (Lipinski definition) is 1. The molecule has 3 unspecified atom stereocenters. The highest BCUT2D eigenvalue weighted by Crippen LogP contribution is 2.38. The molecule has 1 nitrogen and oxygen atoms in total. The summed E-state index contributed by atoms with van der Waals surface area (Å²) < 4.78 is 0. The third-order valence-electron chi connectivity index (χ3n) is 3.90. The third kappa shape index (κ3) is 2.98. The molecule has 14 heavy (non-hydrogen) atoms. The van der Waals surface area contributed by atoms with Gasteiger partial charge in [-0.05, 0) is 31.1 Å². The fourth-order valence-corrected chi connectivity index (χ4v) is 2.90. The maximum absolute atomic E-state index is 10.5. The summed E-state index contributed by atoms with van der Waals surface area (Å²) in [6, 6.07) is 0. The highest BCUT2D eigenvalue weighted by atomic mass is 16.3. The normalized spacial score (nSPS) is 35.6. The first-order valence-electron chi connectivity index (χ1n) is 6.31. The summed E-state index contributed by atoms with van der Waals surface area (Å²) in [7, 11) is 0. The topological polar surface area (TPSA) is 20.2 Å². The Hall–Kier alpha value is -0.0400. The molecule has 1 fully saturated rings. The zero-order valence-corrected chi connectivity index (χ0v) is 10.1. The molecule has 0 amide bonds. The Morgan fingerprint density at radius 1 is 1.43 bits per heavy atom. The summed E-state index contributed by atoms with van der Waals surface area (Å²) in [4.78, 5) is 0. The molecule has 0 aromatic heterocycles. The second-order valence-electron chi connectivity index (χ2n) is 5.35. The Kier molecular flexibility index (Phi) is 4.43. The van der Waals surface area contributed by atoms with Gasteiger partial charge in [0.1, 0.15) is 0 Å². The van der Waals surface area contributed by atoms with Crippen molar-refractivity contribution >= 4 is 0 Å². The van der Waals surface area contributed by atoms with Crippen molar-refractivity contribution in [2.45, 2.75) is 71.3 Å². The molecule has 0 aromatic carbocycles. The summed E-state index contributed by atoms with van der Waals surface area (Å²) >= 11 is 0. The molecule has 0 bridgehead atoms. The van der Waals surface area contributed by atoms with Crippen molar-refractivity contribution in [3.8, 4) is 0 Å². The van der Waals surface area contributed by atoms with Crippen LogP contribution in [0.5, 0.6) is 0 Å². The highest BCUT2D eigenvalue weighted by molar-refractivity contribution is 4.88. The first-order chi connectivity index (χ1) is 6.58. The van der Waals surface area contributed by atoms with E-state index in [2.05, 4.69) is 20.8 Å². The van der Waals surface area contributed by atoms with Gasteiger partial charge in [-0.1, -0.05) is 46.5 Å². The monoisotopic (exact) mass is 198 g/mol. The SMILES string of the molecule is CCCC(C)CC1(O)CCCCC1C. The first-order valence-corrected chi connectivity index (χ1v) is 6.31. The minimum atomic E-state index is -0.340. The fraction of sp³-hybridized carbons (Fsp3) is 1.00. The van der Waals surface area contributed by atoms with E-state index in [4.69, 9.17) is 0 Å². The van der Waals surface area contributed by atoms with Crippen LogP contribution in [0.3, 0.4) is 0 Å². The van der Waals surface area contributed by atoms with Crippen LogP contribution in [0.4, 0.5) is 0 Å². The van der Waals surface area contributed by atoms with Crippen LogP contribution in [-0.4, -0.2) is 10.7 Å². The molecule has 0 radical (unpaired) electrons. The summed E-state index contributed by atoms with van der Waals surface area (Å²) in [6.07, 6.45) is 8.30. The van der Waals surface area contributed by atoms with Crippen LogP contribution in [0, 0.1) is 11.8 Å². The van der Waals surface area contributed by atoms with Gasteiger partial charge in [-0.3, -0.25) is 0 Å². The fourth-order valence-electron chi connectivity index (χ4n) is 2.90. The van der Waals surface area contributed by atoms with E-state index in [1.54, 1.807) is 0 Å². The molecule has 3 atom stereocenters. The van der Waals surface area contributed by atoms with Gasteiger partial charge in [0.05, 0.1) is 5.60 Å². The molecule has 0 saturated heterocycles. The number of hydrogen-bond donors (Lipinski definition) is 1. The van der Waals surface area contributed by atoms with E-state index in [1.165, 1.54) is 32.1 Å². The van der Waals surface area contributed by atoms with E-state index in [-0.39, 0.29) is 5.60 Å².